The molecule has 0 bridgehead atoms. The maximum Gasteiger partial charge on any atom is 0.146 e. The summed E-state index contributed by atoms with van der Waals surface area (Å²) in [6.45, 7) is 8.98. The number of rotatable bonds is 6. The van der Waals surface area contributed by atoms with Gasteiger partial charge in [0.05, 0.1) is 6.54 Å². The standard InChI is InChI=1S/C15H28N2O/c1-2-5-15(18)13-17-10-6-14(7-11-17)12-16-8-3-4-9-16/h14H,2-13H2,1H3. The molecule has 0 radical (unpaired) electrons. The van der Waals surface area contributed by atoms with Crippen LogP contribution in [0, 0.1) is 5.92 Å². The molecular formula is C15H28N2O. The Bertz CT molecular complexity index is 253. The number of ketones is 1. The van der Waals surface area contributed by atoms with Gasteiger partial charge in [0.2, 0.25) is 0 Å². The maximum atomic E-state index is 11.6. The molecule has 2 aliphatic heterocycles. The monoisotopic (exact) mass is 252 g/mol. The van der Waals surface area contributed by atoms with Gasteiger partial charge in [-0.1, -0.05) is 6.92 Å². The van der Waals surface area contributed by atoms with E-state index in [4.69, 9.17) is 0 Å². The Hall–Kier alpha value is -0.410. The Morgan fingerprint density at radius 3 is 2.33 bits per heavy atom. The van der Waals surface area contributed by atoms with E-state index in [1.165, 1.54) is 45.3 Å². The first-order chi connectivity index (χ1) is 8.78. The molecule has 0 aromatic rings. The van der Waals surface area contributed by atoms with Crippen LogP contribution >= 0.6 is 0 Å². The van der Waals surface area contributed by atoms with Crippen molar-refractivity contribution in [3.8, 4) is 0 Å². The first-order valence-electron chi connectivity index (χ1n) is 7.74. The molecule has 2 heterocycles. The number of piperidine rings is 1. The molecule has 0 atom stereocenters. The van der Waals surface area contributed by atoms with Gasteiger partial charge >= 0.3 is 0 Å². The smallest absolute Gasteiger partial charge is 0.146 e. The Balaban J connectivity index is 1.63. The molecule has 104 valence electrons. The summed E-state index contributed by atoms with van der Waals surface area (Å²) in [7, 11) is 0. The molecule has 3 nitrogen and oxygen atoms in total. The van der Waals surface area contributed by atoms with Gasteiger partial charge in [-0.2, -0.15) is 0 Å². The summed E-state index contributed by atoms with van der Waals surface area (Å²) >= 11 is 0. The van der Waals surface area contributed by atoms with Crippen molar-refractivity contribution in [3.05, 3.63) is 0 Å². The quantitative estimate of drug-likeness (QED) is 0.724. The zero-order valence-electron chi connectivity index (χ0n) is 11.9. The Morgan fingerprint density at radius 2 is 1.72 bits per heavy atom. The van der Waals surface area contributed by atoms with Crippen molar-refractivity contribution in [1.82, 2.24) is 9.80 Å². The highest BCUT2D eigenvalue weighted by molar-refractivity contribution is 5.80. The Morgan fingerprint density at radius 1 is 1.06 bits per heavy atom. The summed E-state index contributed by atoms with van der Waals surface area (Å²) in [5, 5.41) is 0. The van der Waals surface area contributed by atoms with Crippen LogP contribution in [0.25, 0.3) is 0 Å². The van der Waals surface area contributed by atoms with Crippen molar-refractivity contribution < 1.29 is 4.79 Å². The highest BCUT2D eigenvalue weighted by Crippen LogP contribution is 2.20. The summed E-state index contributed by atoms with van der Waals surface area (Å²) in [6.07, 6.45) is 7.11. The molecule has 0 amide bonds. The van der Waals surface area contributed by atoms with Crippen molar-refractivity contribution in [3.63, 3.8) is 0 Å². The van der Waals surface area contributed by atoms with Gasteiger partial charge in [-0.3, -0.25) is 9.69 Å². The van der Waals surface area contributed by atoms with E-state index in [-0.39, 0.29) is 0 Å². The molecule has 0 aliphatic carbocycles. The number of Topliss-reactive ketones (excluding diaryl/α,β-unsaturated/α-hetero) is 1. The lowest BCUT2D eigenvalue weighted by molar-refractivity contribution is -0.120. The highest BCUT2D eigenvalue weighted by Gasteiger charge is 2.23. The second-order valence-corrected chi connectivity index (χ2v) is 6.02. The lowest BCUT2D eigenvalue weighted by Gasteiger charge is -2.33. The van der Waals surface area contributed by atoms with Gasteiger partial charge in [-0.15, -0.1) is 0 Å². The third-order valence-electron chi connectivity index (χ3n) is 4.35. The maximum absolute atomic E-state index is 11.6. The lowest BCUT2D eigenvalue weighted by Crippen LogP contribution is -2.40. The SMILES string of the molecule is CCCC(=O)CN1CCC(CN2CCCC2)CC1. The van der Waals surface area contributed by atoms with Crippen molar-refractivity contribution in [2.75, 3.05) is 39.3 Å². The fourth-order valence-electron chi connectivity index (χ4n) is 3.26. The van der Waals surface area contributed by atoms with E-state index in [0.717, 1.165) is 31.8 Å². The minimum Gasteiger partial charge on any atom is -0.303 e. The van der Waals surface area contributed by atoms with Gasteiger partial charge in [0.25, 0.3) is 0 Å². The van der Waals surface area contributed by atoms with E-state index >= 15 is 0 Å². The number of likely N-dealkylation sites (tertiary alicyclic amines) is 2. The molecule has 0 saturated carbocycles. The zero-order valence-corrected chi connectivity index (χ0v) is 11.9. The largest absolute Gasteiger partial charge is 0.303 e. The summed E-state index contributed by atoms with van der Waals surface area (Å²) in [6, 6.07) is 0. The Kier molecular flexibility index (Phi) is 5.64. The van der Waals surface area contributed by atoms with E-state index < -0.39 is 0 Å². The topological polar surface area (TPSA) is 23.6 Å². The lowest BCUT2D eigenvalue weighted by atomic mass is 9.96. The molecule has 0 N–H and O–H groups in total. The molecular weight excluding hydrogens is 224 g/mol. The van der Waals surface area contributed by atoms with Crippen LogP contribution in [0.4, 0.5) is 0 Å². The average Bonchev–Trinajstić information content (AvgIpc) is 2.85. The summed E-state index contributed by atoms with van der Waals surface area (Å²) < 4.78 is 0. The van der Waals surface area contributed by atoms with Crippen LogP contribution in [0.3, 0.4) is 0 Å². The highest BCUT2D eigenvalue weighted by atomic mass is 16.1. The van der Waals surface area contributed by atoms with Crippen LogP contribution in [-0.4, -0.2) is 54.9 Å². The van der Waals surface area contributed by atoms with Gasteiger partial charge in [-0.25, -0.2) is 0 Å². The third kappa shape index (κ3) is 4.36. The number of nitrogens with zero attached hydrogens (tertiary/aromatic N) is 2. The predicted molar refractivity (Wildman–Crippen MR) is 74.8 cm³/mol. The van der Waals surface area contributed by atoms with Gasteiger partial charge < -0.3 is 4.90 Å². The molecule has 0 unspecified atom stereocenters. The van der Waals surface area contributed by atoms with Crippen LogP contribution in [0.5, 0.6) is 0 Å². The third-order valence-corrected chi connectivity index (χ3v) is 4.35. The number of carbonyl (C=O) groups excluding carboxylic acids is 1. The van der Waals surface area contributed by atoms with Crippen molar-refractivity contribution >= 4 is 5.78 Å². The first-order valence-corrected chi connectivity index (χ1v) is 7.74. The summed E-state index contributed by atoms with van der Waals surface area (Å²) in [5.74, 6) is 1.30. The van der Waals surface area contributed by atoms with Crippen LogP contribution in [0.15, 0.2) is 0 Å². The fourth-order valence-corrected chi connectivity index (χ4v) is 3.26. The van der Waals surface area contributed by atoms with Crippen molar-refractivity contribution in [1.29, 1.82) is 0 Å². The van der Waals surface area contributed by atoms with Crippen LogP contribution in [-0.2, 0) is 4.79 Å². The average molecular weight is 252 g/mol. The minimum atomic E-state index is 0.426. The second-order valence-electron chi connectivity index (χ2n) is 6.02. The molecule has 2 fully saturated rings. The molecule has 0 spiro atoms. The van der Waals surface area contributed by atoms with E-state index in [2.05, 4.69) is 16.7 Å². The van der Waals surface area contributed by atoms with Crippen LogP contribution in [0.2, 0.25) is 0 Å². The Labute approximate surface area is 112 Å². The summed E-state index contributed by atoms with van der Waals surface area (Å²) in [4.78, 5) is 16.6. The zero-order chi connectivity index (χ0) is 12.8. The van der Waals surface area contributed by atoms with E-state index in [1.807, 2.05) is 0 Å². The number of hydrogen-bond donors (Lipinski definition) is 0. The second kappa shape index (κ2) is 7.25. The minimum absolute atomic E-state index is 0.426. The van der Waals surface area contributed by atoms with Crippen molar-refractivity contribution in [2.45, 2.75) is 45.4 Å². The number of hydrogen-bond acceptors (Lipinski definition) is 3. The van der Waals surface area contributed by atoms with E-state index in [1.54, 1.807) is 0 Å². The fraction of sp³-hybridized carbons (Fsp3) is 0.933. The van der Waals surface area contributed by atoms with Crippen LogP contribution < -0.4 is 0 Å². The predicted octanol–water partition coefficient (Wildman–Crippen LogP) is 2.16. The molecule has 2 saturated heterocycles. The number of carbonyl (C=O) groups is 1. The molecule has 2 aliphatic rings. The molecule has 3 heteroatoms. The van der Waals surface area contributed by atoms with Crippen molar-refractivity contribution in [2.24, 2.45) is 5.92 Å². The van der Waals surface area contributed by atoms with Gasteiger partial charge in [0.1, 0.15) is 5.78 Å². The molecule has 0 aromatic heterocycles. The first kappa shape index (κ1) is 14.0. The van der Waals surface area contributed by atoms with Crippen LogP contribution in [0.1, 0.15) is 45.4 Å². The molecule has 0 aromatic carbocycles. The van der Waals surface area contributed by atoms with Gasteiger partial charge in [0, 0.05) is 13.0 Å². The summed E-state index contributed by atoms with van der Waals surface area (Å²) in [5.41, 5.74) is 0. The van der Waals surface area contributed by atoms with Gasteiger partial charge in [-0.05, 0) is 64.2 Å². The van der Waals surface area contributed by atoms with E-state index in [9.17, 15) is 4.79 Å². The molecule has 2 rings (SSSR count). The normalized spacial score (nSPS) is 23.6. The molecule has 18 heavy (non-hydrogen) atoms. The van der Waals surface area contributed by atoms with E-state index in [0.29, 0.717) is 12.3 Å². The van der Waals surface area contributed by atoms with Gasteiger partial charge in [0.15, 0.2) is 0 Å².